The third-order valence-corrected chi connectivity index (χ3v) is 2.86. The van der Waals surface area contributed by atoms with Crippen LogP contribution >= 0.6 is 34.8 Å². The summed E-state index contributed by atoms with van der Waals surface area (Å²) in [5, 5.41) is 0.430. The Morgan fingerprint density at radius 2 is 1.69 bits per heavy atom. The Bertz CT molecular complexity index is 458. The van der Waals surface area contributed by atoms with Crippen LogP contribution in [0.25, 0.3) is 0 Å². The number of halogens is 3. The largest absolute Gasteiger partial charge is 0.342 e. The Hall–Kier alpha value is -0.770. The first-order chi connectivity index (χ1) is 7.34. The van der Waals surface area contributed by atoms with Crippen LogP contribution in [0.3, 0.4) is 0 Å². The van der Waals surface area contributed by atoms with Crippen molar-refractivity contribution in [2.45, 2.75) is 0 Å². The van der Waals surface area contributed by atoms with Crippen LogP contribution in [-0.4, -0.2) is 30.7 Å². The van der Waals surface area contributed by atoms with Crippen LogP contribution in [-0.2, 0) is 4.79 Å². The van der Waals surface area contributed by atoms with Gasteiger partial charge in [0.15, 0.2) is 0 Å². The molecule has 0 radical (unpaired) electrons. The van der Waals surface area contributed by atoms with Crippen LogP contribution in [0.1, 0.15) is 10.4 Å². The number of nitrogens with zero attached hydrogens (tertiary/aromatic N) is 1. The van der Waals surface area contributed by atoms with E-state index in [1.165, 1.54) is 26.2 Å². The molecule has 0 heterocycles. The van der Waals surface area contributed by atoms with E-state index in [0.717, 1.165) is 4.90 Å². The van der Waals surface area contributed by atoms with Gasteiger partial charge in [-0.1, -0.05) is 34.8 Å². The molecule has 0 atom stereocenters. The highest BCUT2D eigenvalue weighted by atomic mass is 35.5. The molecule has 86 valence electrons. The van der Waals surface area contributed by atoms with Crippen LogP contribution in [0, 0.1) is 0 Å². The van der Waals surface area contributed by atoms with Crippen LogP contribution in [0.2, 0.25) is 15.1 Å². The first-order valence-corrected chi connectivity index (χ1v) is 5.38. The van der Waals surface area contributed by atoms with Gasteiger partial charge in [0.2, 0.25) is 0 Å². The van der Waals surface area contributed by atoms with E-state index in [9.17, 15) is 9.59 Å². The summed E-state index contributed by atoms with van der Waals surface area (Å²) in [6, 6.07) is 2.72. The predicted molar refractivity (Wildman–Crippen MR) is 64.5 cm³/mol. The summed E-state index contributed by atoms with van der Waals surface area (Å²) in [6.45, 7) is 0. The van der Waals surface area contributed by atoms with Crippen molar-refractivity contribution >= 4 is 46.5 Å². The summed E-state index contributed by atoms with van der Waals surface area (Å²) in [5.74, 6) is -1.42. The van der Waals surface area contributed by atoms with Crippen molar-refractivity contribution < 1.29 is 9.59 Å². The van der Waals surface area contributed by atoms with Gasteiger partial charge in [0, 0.05) is 24.7 Å². The fraction of sp³-hybridized carbons (Fsp3) is 0.200. The number of hydrogen-bond donors (Lipinski definition) is 0. The van der Waals surface area contributed by atoms with E-state index in [0.29, 0.717) is 0 Å². The van der Waals surface area contributed by atoms with Crippen LogP contribution in [0.5, 0.6) is 0 Å². The van der Waals surface area contributed by atoms with Crippen molar-refractivity contribution in [3.63, 3.8) is 0 Å². The van der Waals surface area contributed by atoms with Gasteiger partial charge in [-0.05, 0) is 12.1 Å². The Morgan fingerprint density at radius 3 is 2.19 bits per heavy atom. The van der Waals surface area contributed by atoms with Gasteiger partial charge in [-0.3, -0.25) is 9.59 Å². The summed E-state index contributed by atoms with van der Waals surface area (Å²) >= 11 is 17.3. The van der Waals surface area contributed by atoms with Crippen LogP contribution < -0.4 is 0 Å². The highest BCUT2D eigenvalue weighted by Crippen LogP contribution is 2.30. The summed E-state index contributed by atoms with van der Waals surface area (Å²) in [6.07, 6.45) is 0. The average Bonchev–Trinajstić information content (AvgIpc) is 2.21. The molecule has 3 nitrogen and oxygen atoms in total. The summed E-state index contributed by atoms with van der Waals surface area (Å²) in [7, 11) is 2.95. The van der Waals surface area contributed by atoms with E-state index < -0.39 is 11.7 Å². The number of likely N-dealkylation sites (N-methyl/N-ethyl adjacent to an activating group) is 1. The Labute approximate surface area is 108 Å². The number of benzene rings is 1. The van der Waals surface area contributed by atoms with Crippen molar-refractivity contribution in [2.75, 3.05) is 14.1 Å². The zero-order valence-corrected chi connectivity index (χ0v) is 10.8. The smallest absolute Gasteiger partial charge is 0.294 e. The van der Waals surface area contributed by atoms with Crippen molar-refractivity contribution in [3.05, 3.63) is 32.8 Å². The highest BCUT2D eigenvalue weighted by Gasteiger charge is 2.22. The molecule has 0 spiro atoms. The molecular formula is C10H8Cl3NO2. The standard InChI is InChI=1S/C10H8Cl3NO2/c1-14(2)10(16)9(15)6-3-5(11)4-7(12)8(6)13/h3-4H,1-2H3. The molecule has 0 N–H and O–H groups in total. The van der Waals surface area contributed by atoms with E-state index in [4.69, 9.17) is 34.8 Å². The lowest BCUT2D eigenvalue weighted by Gasteiger charge is -2.10. The molecule has 0 aliphatic rings. The van der Waals surface area contributed by atoms with Crippen LogP contribution in [0.4, 0.5) is 0 Å². The van der Waals surface area contributed by atoms with Gasteiger partial charge < -0.3 is 4.90 Å². The van der Waals surface area contributed by atoms with E-state index in [-0.39, 0.29) is 20.6 Å². The number of rotatable bonds is 2. The third-order valence-electron chi connectivity index (χ3n) is 1.84. The maximum atomic E-state index is 11.7. The van der Waals surface area contributed by atoms with E-state index in [2.05, 4.69) is 0 Å². The summed E-state index contributed by atoms with van der Waals surface area (Å²) < 4.78 is 0. The lowest BCUT2D eigenvalue weighted by Crippen LogP contribution is -2.30. The zero-order valence-electron chi connectivity index (χ0n) is 8.55. The SMILES string of the molecule is CN(C)C(=O)C(=O)c1cc(Cl)cc(Cl)c1Cl. The molecule has 1 aromatic rings. The molecule has 0 aliphatic carbocycles. The molecule has 1 rings (SSSR count). The molecule has 0 fully saturated rings. The maximum absolute atomic E-state index is 11.7. The molecule has 0 unspecified atom stereocenters. The molecule has 0 aliphatic heterocycles. The van der Waals surface area contributed by atoms with E-state index in [1.54, 1.807) is 0 Å². The monoisotopic (exact) mass is 279 g/mol. The lowest BCUT2D eigenvalue weighted by molar-refractivity contribution is -0.124. The second-order valence-electron chi connectivity index (χ2n) is 3.28. The van der Waals surface area contributed by atoms with Crippen molar-refractivity contribution in [1.82, 2.24) is 4.90 Å². The molecule has 0 saturated heterocycles. The lowest BCUT2D eigenvalue weighted by atomic mass is 10.1. The van der Waals surface area contributed by atoms with E-state index in [1.807, 2.05) is 0 Å². The van der Waals surface area contributed by atoms with Gasteiger partial charge in [0.05, 0.1) is 10.0 Å². The molecule has 0 aromatic heterocycles. The second kappa shape index (κ2) is 5.04. The van der Waals surface area contributed by atoms with Crippen LogP contribution in [0.15, 0.2) is 12.1 Å². The first kappa shape index (κ1) is 13.3. The molecule has 1 aromatic carbocycles. The molecule has 1 amide bonds. The molecule has 6 heteroatoms. The Kier molecular flexibility index (Phi) is 4.19. The number of amides is 1. The number of carbonyl (C=O) groups is 2. The predicted octanol–water partition coefficient (Wildman–Crippen LogP) is 2.92. The Balaban J connectivity index is 3.24. The number of hydrogen-bond acceptors (Lipinski definition) is 2. The summed E-state index contributed by atoms with van der Waals surface area (Å²) in [5.41, 5.74) is 0.0119. The first-order valence-electron chi connectivity index (χ1n) is 4.25. The number of ketones is 1. The second-order valence-corrected chi connectivity index (χ2v) is 4.50. The van der Waals surface area contributed by atoms with Crippen molar-refractivity contribution in [3.8, 4) is 0 Å². The molecule has 0 saturated carbocycles. The van der Waals surface area contributed by atoms with Gasteiger partial charge in [0.25, 0.3) is 11.7 Å². The third kappa shape index (κ3) is 2.67. The zero-order chi connectivity index (χ0) is 12.5. The minimum absolute atomic E-state index is 0.0119. The van der Waals surface area contributed by atoms with Crippen molar-refractivity contribution in [2.24, 2.45) is 0 Å². The molecule has 16 heavy (non-hydrogen) atoms. The summed E-state index contributed by atoms with van der Waals surface area (Å²) in [4.78, 5) is 24.3. The van der Waals surface area contributed by atoms with Gasteiger partial charge >= 0.3 is 0 Å². The minimum atomic E-state index is -0.737. The highest BCUT2D eigenvalue weighted by molar-refractivity contribution is 6.50. The fourth-order valence-corrected chi connectivity index (χ4v) is 1.73. The maximum Gasteiger partial charge on any atom is 0.294 e. The van der Waals surface area contributed by atoms with Gasteiger partial charge in [-0.25, -0.2) is 0 Å². The number of Topliss-reactive ketones (excluding diaryl/α,β-unsaturated/α-hetero) is 1. The van der Waals surface area contributed by atoms with Gasteiger partial charge in [0.1, 0.15) is 0 Å². The number of carbonyl (C=O) groups excluding carboxylic acids is 2. The van der Waals surface area contributed by atoms with E-state index >= 15 is 0 Å². The topological polar surface area (TPSA) is 37.4 Å². The average molecular weight is 281 g/mol. The minimum Gasteiger partial charge on any atom is -0.342 e. The quantitative estimate of drug-likeness (QED) is 0.474. The van der Waals surface area contributed by atoms with Gasteiger partial charge in [-0.15, -0.1) is 0 Å². The molecule has 0 bridgehead atoms. The Morgan fingerprint density at radius 1 is 1.12 bits per heavy atom. The van der Waals surface area contributed by atoms with Crippen molar-refractivity contribution in [1.29, 1.82) is 0 Å². The molecular weight excluding hydrogens is 272 g/mol. The fourth-order valence-electron chi connectivity index (χ4n) is 1.04. The normalized spacial score (nSPS) is 10.1. The van der Waals surface area contributed by atoms with Gasteiger partial charge in [-0.2, -0.15) is 0 Å².